The van der Waals surface area contributed by atoms with E-state index in [4.69, 9.17) is 15.7 Å². The summed E-state index contributed by atoms with van der Waals surface area (Å²) in [6.45, 7) is 2.18. The molecule has 1 aromatic carbocycles. The van der Waals surface area contributed by atoms with Crippen LogP contribution in [0.1, 0.15) is 36.0 Å². The molecule has 0 saturated carbocycles. The molecule has 2 heterocycles. The van der Waals surface area contributed by atoms with Crippen molar-refractivity contribution in [1.82, 2.24) is 19.9 Å². The molecular formula is C21H25N5. The van der Waals surface area contributed by atoms with Crippen LogP contribution in [0.5, 0.6) is 0 Å². The highest BCUT2D eigenvalue weighted by molar-refractivity contribution is 5.74. The van der Waals surface area contributed by atoms with Crippen LogP contribution in [0, 0.1) is 0 Å². The highest BCUT2D eigenvalue weighted by atomic mass is 15.2. The van der Waals surface area contributed by atoms with Crippen molar-refractivity contribution in [3.8, 4) is 0 Å². The van der Waals surface area contributed by atoms with Gasteiger partial charge in [-0.2, -0.15) is 0 Å². The standard InChI is InChI=1S/C21H25N5/c22-12-3-4-14-26(15-20-24-17-9-1-2-10-18(17)25-20)19-11-5-7-16-8-6-13-23-21(16)19/h1-4,6,8-10,13,19H,5,7,11-12,14-15,22H2,(H,24,25)/b4-3-/t19-/m0/s1. The van der Waals surface area contributed by atoms with Gasteiger partial charge in [0.2, 0.25) is 0 Å². The number of nitrogens with zero attached hydrogens (tertiary/aromatic N) is 3. The molecule has 0 spiro atoms. The lowest BCUT2D eigenvalue weighted by molar-refractivity contribution is 0.181. The van der Waals surface area contributed by atoms with Gasteiger partial charge in [0.1, 0.15) is 5.82 Å². The van der Waals surface area contributed by atoms with Crippen molar-refractivity contribution >= 4 is 11.0 Å². The molecule has 0 saturated heterocycles. The average molecular weight is 347 g/mol. The Labute approximate surface area is 154 Å². The fourth-order valence-electron chi connectivity index (χ4n) is 3.82. The number of rotatable bonds is 6. The zero-order valence-corrected chi connectivity index (χ0v) is 14.9. The predicted octanol–water partition coefficient (Wildman–Crippen LogP) is 3.35. The number of aryl methyl sites for hydroxylation is 1. The van der Waals surface area contributed by atoms with E-state index >= 15 is 0 Å². The maximum absolute atomic E-state index is 5.64. The molecule has 0 radical (unpaired) electrons. The summed E-state index contributed by atoms with van der Waals surface area (Å²) in [6, 6.07) is 12.7. The van der Waals surface area contributed by atoms with E-state index in [-0.39, 0.29) is 0 Å². The number of H-pyrrole nitrogens is 1. The lowest BCUT2D eigenvalue weighted by atomic mass is 9.90. The Morgan fingerprint density at radius 2 is 2.12 bits per heavy atom. The van der Waals surface area contributed by atoms with Crippen LogP contribution in [0.15, 0.2) is 54.7 Å². The number of imidazole rings is 1. The molecule has 1 atom stereocenters. The van der Waals surface area contributed by atoms with E-state index in [0.29, 0.717) is 12.6 Å². The molecule has 0 unspecified atom stereocenters. The van der Waals surface area contributed by atoms with Crippen LogP contribution in [0.4, 0.5) is 0 Å². The SMILES string of the molecule is NC/C=C\CN(Cc1nc2ccccc2[nH]1)[C@H]1CCCc2cccnc21. The maximum Gasteiger partial charge on any atom is 0.121 e. The number of aromatic amines is 1. The first-order chi connectivity index (χ1) is 12.8. The summed E-state index contributed by atoms with van der Waals surface area (Å²) < 4.78 is 0. The summed E-state index contributed by atoms with van der Waals surface area (Å²) in [4.78, 5) is 15.4. The highest BCUT2D eigenvalue weighted by Gasteiger charge is 2.27. The van der Waals surface area contributed by atoms with E-state index in [1.165, 1.54) is 17.7 Å². The summed E-state index contributed by atoms with van der Waals surface area (Å²) in [5.74, 6) is 0.996. The van der Waals surface area contributed by atoms with Crippen LogP contribution in [0.25, 0.3) is 11.0 Å². The number of nitrogens with two attached hydrogens (primary N) is 1. The van der Waals surface area contributed by atoms with E-state index in [0.717, 1.165) is 42.8 Å². The van der Waals surface area contributed by atoms with Crippen LogP contribution in [-0.2, 0) is 13.0 Å². The normalized spacial score (nSPS) is 17.2. The van der Waals surface area contributed by atoms with Crippen LogP contribution in [0.3, 0.4) is 0 Å². The molecule has 3 aromatic rings. The lowest BCUT2D eigenvalue weighted by Gasteiger charge is -2.33. The van der Waals surface area contributed by atoms with Gasteiger partial charge in [-0.25, -0.2) is 4.98 Å². The van der Waals surface area contributed by atoms with Gasteiger partial charge in [0.25, 0.3) is 0 Å². The topological polar surface area (TPSA) is 70.8 Å². The minimum absolute atomic E-state index is 0.315. The Hall–Kier alpha value is -2.50. The Bertz CT molecular complexity index is 865. The molecule has 5 nitrogen and oxygen atoms in total. The number of hydrogen-bond donors (Lipinski definition) is 2. The van der Waals surface area contributed by atoms with Crippen molar-refractivity contribution in [3.63, 3.8) is 0 Å². The number of aromatic nitrogens is 3. The number of pyridine rings is 1. The third-order valence-electron chi connectivity index (χ3n) is 5.04. The van der Waals surface area contributed by atoms with Crippen LogP contribution < -0.4 is 5.73 Å². The second kappa shape index (κ2) is 7.81. The molecule has 4 rings (SSSR count). The third kappa shape index (κ3) is 3.54. The summed E-state index contributed by atoms with van der Waals surface area (Å²) in [7, 11) is 0. The second-order valence-electron chi connectivity index (χ2n) is 6.79. The van der Waals surface area contributed by atoms with Crippen molar-refractivity contribution in [2.45, 2.75) is 31.8 Å². The number of benzene rings is 1. The Kier molecular flexibility index (Phi) is 5.09. The molecular weight excluding hydrogens is 322 g/mol. The zero-order valence-electron chi connectivity index (χ0n) is 14.9. The Morgan fingerprint density at radius 1 is 1.19 bits per heavy atom. The van der Waals surface area contributed by atoms with E-state index in [1.54, 1.807) is 0 Å². The van der Waals surface area contributed by atoms with Crippen molar-refractivity contribution in [2.75, 3.05) is 13.1 Å². The average Bonchev–Trinajstić information content (AvgIpc) is 3.09. The molecule has 0 bridgehead atoms. The van der Waals surface area contributed by atoms with Gasteiger partial charge < -0.3 is 10.7 Å². The molecule has 3 N–H and O–H groups in total. The van der Waals surface area contributed by atoms with Gasteiger partial charge in [-0.05, 0) is 43.0 Å². The van der Waals surface area contributed by atoms with Gasteiger partial charge in [0.05, 0.1) is 29.3 Å². The minimum atomic E-state index is 0.315. The largest absolute Gasteiger partial charge is 0.341 e. The third-order valence-corrected chi connectivity index (χ3v) is 5.04. The van der Waals surface area contributed by atoms with Gasteiger partial charge in [-0.1, -0.05) is 30.4 Å². The summed E-state index contributed by atoms with van der Waals surface area (Å²) in [6.07, 6.45) is 9.53. The van der Waals surface area contributed by atoms with E-state index < -0.39 is 0 Å². The highest BCUT2D eigenvalue weighted by Crippen LogP contribution is 2.33. The van der Waals surface area contributed by atoms with E-state index in [1.807, 2.05) is 36.5 Å². The molecule has 26 heavy (non-hydrogen) atoms. The molecule has 1 aliphatic rings. The molecule has 0 aliphatic heterocycles. The number of fused-ring (bicyclic) bond motifs is 2. The maximum atomic E-state index is 5.64. The molecule has 2 aromatic heterocycles. The number of para-hydroxylation sites is 2. The first kappa shape index (κ1) is 16.9. The van der Waals surface area contributed by atoms with Crippen molar-refractivity contribution < 1.29 is 0 Å². The fraction of sp³-hybridized carbons (Fsp3) is 0.333. The van der Waals surface area contributed by atoms with Gasteiger partial charge in [-0.15, -0.1) is 0 Å². The van der Waals surface area contributed by atoms with E-state index in [9.17, 15) is 0 Å². The molecule has 0 fully saturated rings. The molecule has 1 aliphatic carbocycles. The van der Waals surface area contributed by atoms with Crippen LogP contribution >= 0.6 is 0 Å². The smallest absolute Gasteiger partial charge is 0.121 e. The van der Waals surface area contributed by atoms with E-state index in [2.05, 4.69) is 28.1 Å². The monoisotopic (exact) mass is 347 g/mol. The van der Waals surface area contributed by atoms with Crippen molar-refractivity contribution in [2.24, 2.45) is 5.73 Å². The van der Waals surface area contributed by atoms with Crippen molar-refractivity contribution in [1.29, 1.82) is 0 Å². The van der Waals surface area contributed by atoms with Gasteiger partial charge >= 0.3 is 0 Å². The summed E-state index contributed by atoms with van der Waals surface area (Å²) in [5.41, 5.74) is 10.3. The van der Waals surface area contributed by atoms with Crippen molar-refractivity contribution in [3.05, 3.63) is 71.8 Å². The van der Waals surface area contributed by atoms with Gasteiger partial charge in [0.15, 0.2) is 0 Å². The number of nitrogens with one attached hydrogen (secondary N) is 1. The van der Waals surface area contributed by atoms with Crippen LogP contribution in [0.2, 0.25) is 0 Å². The second-order valence-corrected chi connectivity index (χ2v) is 6.79. The summed E-state index contributed by atoms with van der Waals surface area (Å²) >= 11 is 0. The molecule has 134 valence electrons. The quantitative estimate of drug-likeness (QED) is 0.671. The molecule has 5 heteroatoms. The number of hydrogen-bond acceptors (Lipinski definition) is 4. The predicted molar refractivity (Wildman–Crippen MR) is 105 cm³/mol. The Morgan fingerprint density at radius 3 is 3.00 bits per heavy atom. The van der Waals surface area contributed by atoms with Crippen LogP contribution in [-0.4, -0.2) is 32.9 Å². The molecule has 0 amide bonds. The minimum Gasteiger partial charge on any atom is -0.341 e. The fourth-order valence-corrected chi connectivity index (χ4v) is 3.82. The zero-order chi connectivity index (χ0) is 17.8. The first-order valence-electron chi connectivity index (χ1n) is 9.31. The first-order valence-corrected chi connectivity index (χ1v) is 9.31. The lowest BCUT2D eigenvalue weighted by Crippen LogP contribution is -2.32. The van der Waals surface area contributed by atoms with Gasteiger partial charge in [0, 0.05) is 19.3 Å². The summed E-state index contributed by atoms with van der Waals surface area (Å²) in [5, 5.41) is 0. The Balaban J connectivity index is 1.63. The van der Waals surface area contributed by atoms with Gasteiger partial charge in [-0.3, -0.25) is 9.88 Å².